The van der Waals surface area contributed by atoms with Gasteiger partial charge in [-0.1, -0.05) is 72.8 Å². The van der Waals surface area contributed by atoms with Gasteiger partial charge in [0.1, 0.15) is 11.8 Å². The minimum Gasteiger partial charge on any atom is -0.497 e. The lowest BCUT2D eigenvalue weighted by molar-refractivity contribution is -0.140. The number of carbonyl (C=O) groups is 2. The van der Waals surface area contributed by atoms with E-state index in [0.29, 0.717) is 39.1 Å². The molecule has 1 unspecified atom stereocenters. The zero-order chi connectivity index (χ0) is 25.6. The maximum absolute atomic E-state index is 13.7. The van der Waals surface area contributed by atoms with Crippen LogP contribution in [0.15, 0.2) is 84.9 Å². The van der Waals surface area contributed by atoms with Gasteiger partial charge in [-0.2, -0.15) is 0 Å². The minimum atomic E-state index is -0.655. The molecule has 1 atom stereocenters. The van der Waals surface area contributed by atoms with Crippen LogP contribution in [0.3, 0.4) is 0 Å². The molecule has 0 aliphatic heterocycles. The van der Waals surface area contributed by atoms with Crippen LogP contribution in [0, 0.1) is 0 Å². The molecule has 0 saturated carbocycles. The summed E-state index contributed by atoms with van der Waals surface area (Å²) in [6.45, 7) is 3.99. The second-order valence-electron chi connectivity index (χ2n) is 8.58. The van der Waals surface area contributed by atoms with Crippen molar-refractivity contribution < 1.29 is 19.1 Å². The van der Waals surface area contributed by atoms with Crippen molar-refractivity contribution in [3.05, 3.63) is 102 Å². The average Bonchev–Trinajstić information content (AvgIpc) is 2.92. The van der Waals surface area contributed by atoms with Crippen molar-refractivity contribution in [3.8, 4) is 5.75 Å². The topological polar surface area (TPSA) is 67.9 Å². The number of nitrogens with zero attached hydrogens (tertiary/aromatic N) is 1. The molecule has 3 rings (SSSR count). The Kier molecular flexibility index (Phi) is 11.0. The molecule has 0 aromatic heterocycles. The van der Waals surface area contributed by atoms with Gasteiger partial charge in [-0.25, -0.2) is 0 Å². The number of nitrogens with one attached hydrogen (secondary N) is 1. The molecule has 0 fully saturated rings. The Bertz CT molecular complexity index is 1060. The third kappa shape index (κ3) is 8.54. The third-order valence-corrected chi connectivity index (χ3v) is 5.95. The van der Waals surface area contributed by atoms with Crippen molar-refractivity contribution in [1.29, 1.82) is 0 Å². The molecule has 1 N–H and O–H groups in total. The van der Waals surface area contributed by atoms with Crippen molar-refractivity contribution >= 4 is 11.8 Å². The number of hydrogen-bond acceptors (Lipinski definition) is 4. The van der Waals surface area contributed by atoms with Gasteiger partial charge in [-0.15, -0.1) is 0 Å². The van der Waals surface area contributed by atoms with E-state index in [4.69, 9.17) is 9.47 Å². The van der Waals surface area contributed by atoms with Gasteiger partial charge >= 0.3 is 0 Å². The van der Waals surface area contributed by atoms with Crippen molar-refractivity contribution in [2.75, 3.05) is 26.9 Å². The first-order valence-corrected chi connectivity index (χ1v) is 12.5. The van der Waals surface area contributed by atoms with Crippen LogP contribution in [0.1, 0.15) is 30.0 Å². The summed E-state index contributed by atoms with van der Waals surface area (Å²) in [6, 6.07) is 26.4. The van der Waals surface area contributed by atoms with Crippen LogP contribution in [0.2, 0.25) is 0 Å². The fourth-order valence-corrected chi connectivity index (χ4v) is 4.00. The summed E-state index contributed by atoms with van der Waals surface area (Å²) in [7, 11) is 1.62. The first-order valence-electron chi connectivity index (χ1n) is 12.5. The lowest BCUT2D eigenvalue weighted by Gasteiger charge is -2.32. The molecule has 6 nitrogen and oxygen atoms in total. The van der Waals surface area contributed by atoms with Crippen LogP contribution in [-0.2, 0) is 33.7 Å². The van der Waals surface area contributed by atoms with Crippen LogP contribution >= 0.6 is 0 Å². The van der Waals surface area contributed by atoms with Gasteiger partial charge in [-0.3, -0.25) is 9.59 Å². The minimum absolute atomic E-state index is 0.0950. The highest BCUT2D eigenvalue weighted by molar-refractivity contribution is 5.88. The highest BCUT2D eigenvalue weighted by Gasteiger charge is 2.30. The van der Waals surface area contributed by atoms with E-state index in [-0.39, 0.29) is 18.2 Å². The van der Waals surface area contributed by atoms with E-state index in [2.05, 4.69) is 5.32 Å². The number of benzene rings is 3. The molecule has 3 aromatic rings. The largest absolute Gasteiger partial charge is 0.497 e. The zero-order valence-electron chi connectivity index (χ0n) is 21.2. The van der Waals surface area contributed by atoms with Crippen molar-refractivity contribution in [1.82, 2.24) is 10.2 Å². The summed E-state index contributed by atoms with van der Waals surface area (Å²) >= 11 is 0. The Labute approximate surface area is 214 Å². The monoisotopic (exact) mass is 488 g/mol. The molecule has 0 radical (unpaired) electrons. The van der Waals surface area contributed by atoms with Gasteiger partial charge in [0.15, 0.2) is 0 Å². The number of methoxy groups -OCH3 is 1. The van der Waals surface area contributed by atoms with Crippen LogP contribution < -0.4 is 10.1 Å². The Morgan fingerprint density at radius 3 is 2.11 bits per heavy atom. The van der Waals surface area contributed by atoms with Gasteiger partial charge in [-0.05, 0) is 42.2 Å². The summed E-state index contributed by atoms with van der Waals surface area (Å²) in [5.74, 6) is 0.487. The second kappa shape index (κ2) is 14.7. The molecule has 0 spiro atoms. The number of carbonyl (C=O) groups excluding carboxylic acids is 2. The third-order valence-electron chi connectivity index (χ3n) is 5.95. The summed E-state index contributed by atoms with van der Waals surface area (Å²) < 4.78 is 10.7. The number of ether oxygens (including phenoxy) is 2. The molecule has 190 valence electrons. The molecule has 0 aliphatic carbocycles. The quantitative estimate of drug-likeness (QED) is 0.341. The molecule has 2 amide bonds. The van der Waals surface area contributed by atoms with E-state index in [0.717, 1.165) is 22.4 Å². The number of rotatable bonds is 14. The predicted molar refractivity (Wildman–Crippen MR) is 142 cm³/mol. The summed E-state index contributed by atoms with van der Waals surface area (Å²) in [5.41, 5.74) is 2.84. The fraction of sp³-hybridized carbons (Fsp3) is 0.333. The SMILES string of the molecule is CCOCCCNC(=O)C(Cc1ccccc1)N(Cc1ccc(OC)cc1)C(=O)Cc1ccccc1. The lowest BCUT2D eigenvalue weighted by Crippen LogP contribution is -2.51. The van der Waals surface area contributed by atoms with E-state index >= 15 is 0 Å². The smallest absolute Gasteiger partial charge is 0.243 e. The fourth-order valence-electron chi connectivity index (χ4n) is 4.00. The normalized spacial score (nSPS) is 11.5. The Morgan fingerprint density at radius 2 is 1.50 bits per heavy atom. The first kappa shape index (κ1) is 27.0. The highest BCUT2D eigenvalue weighted by atomic mass is 16.5. The van der Waals surface area contributed by atoms with Crippen molar-refractivity contribution in [3.63, 3.8) is 0 Å². The van der Waals surface area contributed by atoms with E-state index in [1.54, 1.807) is 12.0 Å². The Hall–Kier alpha value is -3.64. The molecular weight excluding hydrogens is 452 g/mol. The van der Waals surface area contributed by atoms with Crippen molar-refractivity contribution in [2.24, 2.45) is 0 Å². The van der Waals surface area contributed by atoms with E-state index in [1.165, 1.54) is 0 Å². The summed E-state index contributed by atoms with van der Waals surface area (Å²) in [5, 5.41) is 3.03. The van der Waals surface area contributed by atoms with Gasteiger partial charge < -0.3 is 19.7 Å². The Balaban J connectivity index is 1.87. The molecule has 0 aliphatic rings. The molecular formula is C30H36N2O4. The van der Waals surface area contributed by atoms with E-state index < -0.39 is 6.04 Å². The molecule has 0 bridgehead atoms. The van der Waals surface area contributed by atoms with E-state index in [9.17, 15) is 9.59 Å². The lowest BCUT2D eigenvalue weighted by atomic mass is 10.0. The van der Waals surface area contributed by atoms with Crippen LogP contribution in [0.4, 0.5) is 0 Å². The molecule has 0 heterocycles. The van der Waals surface area contributed by atoms with Crippen LogP contribution in [0.25, 0.3) is 0 Å². The van der Waals surface area contributed by atoms with Crippen LogP contribution in [-0.4, -0.2) is 49.6 Å². The zero-order valence-corrected chi connectivity index (χ0v) is 21.2. The van der Waals surface area contributed by atoms with E-state index in [1.807, 2.05) is 91.9 Å². The maximum atomic E-state index is 13.7. The predicted octanol–water partition coefficient (Wildman–Crippen LogP) is 4.42. The van der Waals surface area contributed by atoms with Gasteiger partial charge in [0, 0.05) is 32.7 Å². The summed E-state index contributed by atoms with van der Waals surface area (Å²) in [6.07, 6.45) is 1.36. The second-order valence-corrected chi connectivity index (χ2v) is 8.58. The Morgan fingerprint density at radius 1 is 0.861 bits per heavy atom. The van der Waals surface area contributed by atoms with Gasteiger partial charge in [0.25, 0.3) is 0 Å². The first-order chi connectivity index (χ1) is 17.6. The van der Waals surface area contributed by atoms with Crippen LogP contribution in [0.5, 0.6) is 5.75 Å². The highest BCUT2D eigenvalue weighted by Crippen LogP contribution is 2.18. The van der Waals surface area contributed by atoms with Gasteiger partial charge in [0.2, 0.25) is 11.8 Å². The standard InChI is InChI=1S/C30H36N2O4/c1-3-36-20-10-19-31-30(34)28(21-24-11-6-4-7-12-24)32(23-26-15-17-27(35-2)18-16-26)29(33)22-25-13-8-5-9-14-25/h4-9,11-18,28H,3,10,19-23H2,1-2H3,(H,31,34). The molecule has 0 saturated heterocycles. The number of hydrogen-bond donors (Lipinski definition) is 1. The number of amides is 2. The molecule has 36 heavy (non-hydrogen) atoms. The van der Waals surface area contributed by atoms with Crippen molar-refractivity contribution in [2.45, 2.75) is 38.8 Å². The molecule has 3 aromatic carbocycles. The molecule has 6 heteroatoms. The summed E-state index contributed by atoms with van der Waals surface area (Å²) in [4.78, 5) is 28.9. The van der Waals surface area contributed by atoms with Gasteiger partial charge in [0.05, 0.1) is 13.5 Å². The maximum Gasteiger partial charge on any atom is 0.243 e. The average molecular weight is 489 g/mol.